The highest BCUT2D eigenvalue weighted by molar-refractivity contribution is 5.79. The van der Waals surface area contributed by atoms with Crippen molar-refractivity contribution in [3.05, 3.63) is 29.3 Å². The second kappa shape index (κ2) is 6.28. The summed E-state index contributed by atoms with van der Waals surface area (Å²) in [5.41, 5.74) is 2.30. The van der Waals surface area contributed by atoms with Gasteiger partial charge in [-0.2, -0.15) is 0 Å². The minimum absolute atomic E-state index is 0.620. The number of nitrogens with zero attached hydrogens (tertiary/aromatic N) is 3. The van der Waals surface area contributed by atoms with E-state index in [4.69, 9.17) is 4.74 Å². The van der Waals surface area contributed by atoms with Gasteiger partial charge in [-0.25, -0.2) is 4.99 Å². The molecule has 0 saturated carbocycles. The number of hydrogen-bond donors (Lipinski definition) is 0. The number of ether oxygens (including phenoxy) is 1. The van der Waals surface area contributed by atoms with E-state index in [1.54, 1.807) is 7.11 Å². The molecule has 0 bridgehead atoms. The fraction of sp³-hybridized carbons (Fsp3) is 0.500. The first-order chi connectivity index (χ1) is 8.45. The third-order valence-corrected chi connectivity index (χ3v) is 2.63. The second-order valence-corrected chi connectivity index (χ2v) is 4.72. The van der Waals surface area contributed by atoms with Crippen molar-refractivity contribution in [3.8, 4) is 5.75 Å². The molecule has 0 heterocycles. The van der Waals surface area contributed by atoms with E-state index in [-0.39, 0.29) is 0 Å². The Labute approximate surface area is 110 Å². The number of rotatable bonds is 3. The van der Waals surface area contributed by atoms with E-state index in [1.165, 1.54) is 5.56 Å². The molecule has 4 heteroatoms. The third-order valence-electron chi connectivity index (χ3n) is 2.63. The minimum Gasteiger partial charge on any atom is -0.496 e. The van der Waals surface area contributed by atoms with Gasteiger partial charge in [-0.15, -0.1) is 0 Å². The van der Waals surface area contributed by atoms with Crippen LogP contribution in [0.3, 0.4) is 0 Å². The van der Waals surface area contributed by atoms with Crippen molar-refractivity contribution in [3.63, 3.8) is 0 Å². The molecule has 18 heavy (non-hydrogen) atoms. The topological polar surface area (TPSA) is 28.1 Å². The molecule has 4 nitrogen and oxygen atoms in total. The van der Waals surface area contributed by atoms with Crippen LogP contribution in [0.25, 0.3) is 0 Å². The second-order valence-electron chi connectivity index (χ2n) is 4.72. The number of aliphatic imine (C=N–C) groups is 1. The van der Waals surface area contributed by atoms with Crippen molar-refractivity contribution in [2.45, 2.75) is 13.5 Å². The smallest absolute Gasteiger partial charge is 0.195 e. The van der Waals surface area contributed by atoms with Crippen LogP contribution in [0.2, 0.25) is 0 Å². The average molecular weight is 249 g/mol. The molecule has 0 fully saturated rings. The zero-order valence-corrected chi connectivity index (χ0v) is 12.2. The van der Waals surface area contributed by atoms with Crippen molar-refractivity contribution >= 4 is 5.96 Å². The molecule has 0 atom stereocenters. The van der Waals surface area contributed by atoms with Gasteiger partial charge in [0.05, 0.1) is 13.7 Å². The summed E-state index contributed by atoms with van der Waals surface area (Å²) in [6, 6.07) is 6.19. The summed E-state index contributed by atoms with van der Waals surface area (Å²) in [6.07, 6.45) is 0. The highest BCUT2D eigenvalue weighted by Crippen LogP contribution is 2.20. The van der Waals surface area contributed by atoms with E-state index in [0.29, 0.717) is 6.54 Å². The summed E-state index contributed by atoms with van der Waals surface area (Å²) >= 11 is 0. The molecule has 1 aromatic carbocycles. The molecule has 0 aliphatic rings. The fourth-order valence-corrected chi connectivity index (χ4v) is 1.82. The molecule has 0 saturated heterocycles. The molecule has 0 spiro atoms. The monoisotopic (exact) mass is 249 g/mol. The Morgan fingerprint density at radius 1 is 1.17 bits per heavy atom. The molecule has 100 valence electrons. The summed E-state index contributed by atoms with van der Waals surface area (Å²) in [5, 5.41) is 0. The van der Waals surface area contributed by atoms with Crippen LogP contribution in [0.1, 0.15) is 11.1 Å². The molecule has 0 radical (unpaired) electrons. The van der Waals surface area contributed by atoms with E-state index in [9.17, 15) is 0 Å². The maximum absolute atomic E-state index is 5.38. The zero-order chi connectivity index (χ0) is 13.7. The van der Waals surface area contributed by atoms with Gasteiger partial charge in [0.25, 0.3) is 0 Å². The normalized spacial score (nSPS) is 9.89. The standard InChI is InChI=1S/C14H23N3O/c1-11-7-8-12(13(9-11)18-6)10-15-14(16(2)3)17(4)5/h7-9H,10H2,1-6H3. The number of aryl methyl sites for hydroxylation is 1. The molecule has 1 aromatic rings. The van der Waals surface area contributed by atoms with Crippen molar-refractivity contribution < 1.29 is 4.74 Å². The van der Waals surface area contributed by atoms with Crippen LogP contribution < -0.4 is 4.74 Å². The van der Waals surface area contributed by atoms with Crippen LogP contribution in [-0.2, 0) is 6.54 Å². The quantitative estimate of drug-likeness (QED) is 0.606. The summed E-state index contributed by atoms with van der Waals surface area (Å²) in [5.74, 6) is 1.84. The molecule has 0 aliphatic carbocycles. The average Bonchev–Trinajstić information content (AvgIpc) is 2.30. The Balaban J connectivity index is 2.94. The molecule has 0 N–H and O–H groups in total. The van der Waals surface area contributed by atoms with Crippen molar-refractivity contribution in [1.82, 2.24) is 9.80 Å². The number of guanidine groups is 1. The number of benzene rings is 1. The maximum Gasteiger partial charge on any atom is 0.195 e. The molecule has 0 aliphatic heterocycles. The van der Waals surface area contributed by atoms with E-state index in [0.717, 1.165) is 17.3 Å². The Hall–Kier alpha value is -1.71. The minimum atomic E-state index is 0.620. The van der Waals surface area contributed by atoms with Crippen LogP contribution in [0.4, 0.5) is 0 Å². The highest BCUT2D eigenvalue weighted by Gasteiger charge is 2.06. The SMILES string of the molecule is COc1cc(C)ccc1CN=C(N(C)C)N(C)C. The van der Waals surface area contributed by atoms with Crippen molar-refractivity contribution in [1.29, 1.82) is 0 Å². The van der Waals surface area contributed by atoms with Crippen LogP contribution in [0, 0.1) is 6.92 Å². The number of methoxy groups -OCH3 is 1. The number of hydrogen-bond acceptors (Lipinski definition) is 2. The van der Waals surface area contributed by atoms with Crippen molar-refractivity contribution in [2.75, 3.05) is 35.3 Å². The van der Waals surface area contributed by atoms with Crippen LogP contribution >= 0.6 is 0 Å². The first kappa shape index (κ1) is 14.4. The first-order valence-electron chi connectivity index (χ1n) is 5.98. The van der Waals surface area contributed by atoms with Gasteiger partial charge in [-0.05, 0) is 18.6 Å². The Bertz CT molecular complexity index is 415. The lowest BCUT2D eigenvalue weighted by molar-refractivity contribution is 0.409. The van der Waals surface area contributed by atoms with E-state index in [2.05, 4.69) is 24.0 Å². The molecule has 1 rings (SSSR count). The fourth-order valence-electron chi connectivity index (χ4n) is 1.82. The largest absolute Gasteiger partial charge is 0.496 e. The lowest BCUT2D eigenvalue weighted by atomic mass is 10.1. The Morgan fingerprint density at radius 3 is 2.28 bits per heavy atom. The van der Waals surface area contributed by atoms with Gasteiger partial charge in [0, 0.05) is 33.8 Å². The van der Waals surface area contributed by atoms with E-state index < -0.39 is 0 Å². The van der Waals surface area contributed by atoms with Gasteiger partial charge in [0.1, 0.15) is 5.75 Å². The van der Waals surface area contributed by atoms with Crippen LogP contribution in [0.15, 0.2) is 23.2 Å². The molecule has 0 aromatic heterocycles. The van der Waals surface area contributed by atoms with Crippen molar-refractivity contribution in [2.24, 2.45) is 4.99 Å². The highest BCUT2D eigenvalue weighted by atomic mass is 16.5. The summed E-state index contributed by atoms with van der Waals surface area (Å²) in [4.78, 5) is 8.62. The van der Waals surface area contributed by atoms with Gasteiger partial charge in [-0.1, -0.05) is 12.1 Å². The van der Waals surface area contributed by atoms with E-state index >= 15 is 0 Å². The predicted octanol–water partition coefficient (Wildman–Crippen LogP) is 1.98. The van der Waals surface area contributed by atoms with Crippen LogP contribution in [0.5, 0.6) is 5.75 Å². The predicted molar refractivity (Wildman–Crippen MR) is 76.2 cm³/mol. The summed E-state index contributed by atoms with van der Waals surface area (Å²) in [6.45, 7) is 2.68. The van der Waals surface area contributed by atoms with Crippen LogP contribution in [-0.4, -0.2) is 51.1 Å². The summed E-state index contributed by atoms with van der Waals surface area (Å²) in [7, 11) is 9.66. The first-order valence-corrected chi connectivity index (χ1v) is 5.98. The van der Waals surface area contributed by atoms with E-state index in [1.807, 2.05) is 44.1 Å². The van der Waals surface area contributed by atoms with Gasteiger partial charge in [0.15, 0.2) is 5.96 Å². The third kappa shape index (κ3) is 3.65. The molecular formula is C14H23N3O. The summed E-state index contributed by atoms with van der Waals surface area (Å²) < 4.78 is 5.38. The van der Waals surface area contributed by atoms with Gasteiger partial charge >= 0.3 is 0 Å². The van der Waals surface area contributed by atoms with Gasteiger partial charge in [-0.3, -0.25) is 0 Å². The lowest BCUT2D eigenvalue weighted by Gasteiger charge is -2.22. The maximum atomic E-state index is 5.38. The van der Waals surface area contributed by atoms with Gasteiger partial charge in [0.2, 0.25) is 0 Å². The van der Waals surface area contributed by atoms with Gasteiger partial charge < -0.3 is 14.5 Å². The lowest BCUT2D eigenvalue weighted by Crippen LogP contribution is -2.35. The molecular weight excluding hydrogens is 226 g/mol. The molecule has 0 unspecified atom stereocenters. The Kier molecular flexibility index (Phi) is 5.01. The molecule has 0 amide bonds. The Morgan fingerprint density at radius 2 is 1.78 bits per heavy atom. The zero-order valence-electron chi connectivity index (χ0n) is 12.2.